The molecule has 1 saturated heterocycles. The molecule has 0 saturated carbocycles. The number of hydrogen-bond acceptors (Lipinski definition) is 3. The fraction of sp³-hybridized carbons (Fsp3) is 0.444. The van der Waals surface area contributed by atoms with Gasteiger partial charge in [-0.25, -0.2) is 4.79 Å². The molecule has 1 aromatic carbocycles. The second-order valence-corrected chi connectivity index (χ2v) is 6.52. The molecule has 0 spiro atoms. The van der Waals surface area contributed by atoms with Gasteiger partial charge in [0, 0.05) is 24.0 Å². The van der Waals surface area contributed by atoms with E-state index in [1.54, 1.807) is 11.8 Å². The summed E-state index contributed by atoms with van der Waals surface area (Å²) in [6.45, 7) is 3.07. The lowest BCUT2D eigenvalue weighted by Crippen LogP contribution is -2.40. The van der Waals surface area contributed by atoms with Gasteiger partial charge < -0.3 is 14.6 Å². The van der Waals surface area contributed by atoms with Gasteiger partial charge in [-0.3, -0.25) is 4.79 Å². The number of fused-ring (bicyclic) bond motifs is 1. The molecule has 6 heteroatoms. The molecule has 1 unspecified atom stereocenters. The van der Waals surface area contributed by atoms with Crippen LogP contribution in [0.15, 0.2) is 24.3 Å². The van der Waals surface area contributed by atoms with E-state index >= 15 is 0 Å². The summed E-state index contributed by atoms with van der Waals surface area (Å²) < 4.78 is 5.36. The monoisotopic (exact) mass is 348 g/mol. The molecule has 1 fully saturated rings. The second-order valence-electron chi connectivity index (χ2n) is 6.15. The molecule has 3 rings (SSSR count). The number of ether oxygens (including phenoxy) is 1. The number of aromatic amines is 1. The molecule has 128 valence electrons. The molecular formula is C18H21ClN2O3. The van der Waals surface area contributed by atoms with E-state index < -0.39 is 12.1 Å². The fourth-order valence-electron chi connectivity index (χ4n) is 3.07. The molecule has 0 bridgehead atoms. The van der Waals surface area contributed by atoms with Crippen LogP contribution >= 0.6 is 11.6 Å². The van der Waals surface area contributed by atoms with E-state index in [1.165, 1.54) is 0 Å². The Kier molecular flexibility index (Phi) is 5.09. The molecule has 0 aliphatic carbocycles. The van der Waals surface area contributed by atoms with Crippen LogP contribution < -0.4 is 0 Å². The van der Waals surface area contributed by atoms with Crippen LogP contribution in [0.5, 0.6) is 0 Å². The lowest BCUT2D eigenvalue weighted by atomic mass is 10.2. The van der Waals surface area contributed by atoms with E-state index in [-0.39, 0.29) is 11.6 Å². The molecule has 1 aromatic heterocycles. The maximum atomic E-state index is 12.5. The first kappa shape index (κ1) is 16.8. The summed E-state index contributed by atoms with van der Waals surface area (Å²) in [4.78, 5) is 29.6. The van der Waals surface area contributed by atoms with Gasteiger partial charge in [-0.05, 0) is 25.8 Å². The van der Waals surface area contributed by atoms with Crippen LogP contribution in [-0.4, -0.2) is 41.0 Å². The van der Waals surface area contributed by atoms with Gasteiger partial charge >= 0.3 is 5.97 Å². The summed E-state index contributed by atoms with van der Waals surface area (Å²) >= 11 is 6.26. The highest BCUT2D eigenvalue weighted by Gasteiger charge is 2.26. The van der Waals surface area contributed by atoms with Crippen molar-refractivity contribution < 1.29 is 14.3 Å². The molecule has 1 aliphatic heterocycles. The summed E-state index contributed by atoms with van der Waals surface area (Å²) in [5.74, 6) is -0.746. The van der Waals surface area contributed by atoms with Crippen LogP contribution in [0.2, 0.25) is 5.02 Å². The largest absolute Gasteiger partial charge is 0.448 e. The van der Waals surface area contributed by atoms with Crippen molar-refractivity contribution in [3.8, 4) is 0 Å². The third-order valence-electron chi connectivity index (χ3n) is 4.40. The first-order chi connectivity index (χ1) is 11.6. The first-order valence-electron chi connectivity index (χ1n) is 8.34. The Morgan fingerprint density at radius 1 is 1.17 bits per heavy atom. The summed E-state index contributed by atoms with van der Waals surface area (Å²) in [6.07, 6.45) is 3.46. The normalized spacial score (nSPS) is 16.7. The number of nitrogens with one attached hydrogen (secondary N) is 1. The molecule has 0 radical (unpaired) electrons. The number of amides is 1. The molecule has 1 atom stereocenters. The minimum atomic E-state index is -0.821. The van der Waals surface area contributed by atoms with Crippen molar-refractivity contribution >= 4 is 34.4 Å². The Morgan fingerprint density at radius 2 is 1.83 bits per heavy atom. The number of nitrogens with zero attached hydrogens (tertiary/aromatic N) is 1. The van der Waals surface area contributed by atoms with Crippen molar-refractivity contribution in [1.29, 1.82) is 0 Å². The molecule has 1 N–H and O–H groups in total. The van der Waals surface area contributed by atoms with Crippen molar-refractivity contribution in [2.45, 2.75) is 38.7 Å². The van der Waals surface area contributed by atoms with Crippen molar-refractivity contribution in [3.05, 3.63) is 35.0 Å². The average Bonchev–Trinajstić information content (AvgIpc) is 2.77. The van der Waals surface area contributed by atoms with E-state index in [1.807, 2.05) is 24.3 Å². The predicted octanol–water partition coefficient (Wildman–Crippen LogP) is 3.77. The minimum absolute atomic E-state index is 0.141. The lowest BCUT2D eigenvalue weighted by molar-refractivity contribution is -0.139. The van der Waals surface area contributed by atoms with Crippen LogP contribution in [0.3, 0.4) is 0 Å². The molecule has 24 heavy (non-hydrogen) atoms. The Bertz CT molecular complexity index is 748. The number of halogens is 1. The summed E-state index contributed by atoms with van der Waals surface area (Å²) in [5, 5.41) is 1.09. The van der Waals surface area contributed by atoms with E-state index in [2.05, 4.69) is 4.98 Å². The number of aromatic nitrogens is 1. The Morgan fingerprint density at radius 3 is 2.50 bits per heavy atom. The van der Waals surface area contributed by atoms with Crippen LogP contribution in [-0.2, 0) is 9.53 Å². The van der Waals surface area contributed by atoms with Crippen molar-refractivity contribution in [2.24, 2.45) is 0 Å². The Hall–Kier alpha value is -2.01. The summed E-state index contributed by atoms with van der Waals surface area (Å²) in [7, 11) is 0. The van der Waals surface area contributed by atoms with E-state index in [4.69, 9.17) is 16.3 Å². The number of carbonyl (C=O) groups is 2. The van der Waals surface area contributed by atoms with Crippen LogP contribution in [0, 0.1) is 0 Å². The third kappa shape index (κ3) is 3.41. The average molecular weight is 349 g/mol. The summed E-state index contributed by atoms with van der Waals surface area (Å²) in [6, 6.07) is 7.37. The maximum absolute atomic E-state index is 12.5. The number of esters is 1. The van der Waals surface area contributed by atoms with Gasteiger partial charge in [-0.1, -0.05) is 42.6 Å². The third-order valence-corrected chi connectivity index (χ3v) is 4.79. The molecule has 5 nitrogen and oxygen atoms in total. The van der Waals surface area contributed by atoms with E-state index in [9.17, 15) is 9.59 Å². The SMILES string of the molecule is CC(OC(=O)c1[nH]c2ccccc2c1Cl)C(=O)N1CCCCCC1. The Labute approximate surface area is 145 Å². The number of hydrogen-bond donors (Lipinski definition) is 1. The van der Waals surface area contributed by atoms with Crippen molar-refractivity contribution in [3.63, 3.8) is 0 Å². The zero-order valence-corrected chi connectivity index (χ0v) is 14.4. The van der Waals surface area contributed by atoms with Gasteiger partial charge in [0.2, 0.25) is 0 Å². The molecule has 2 aromatic rings. The van der Waals surface area contributed by atoms with Gasteiger partial charge in [0.25, 0.3) is 5.91 Å². The molecular weight excluding hydrogens is 328 g/mol. The van der Waals surface area contributed by atoms with Gasteiger partial charge in [0.05, 0.1) is 5.02 Å². The molecule has 1 amide bonds. The lowest BCUT2D eigenvalue weighted by Gasteiger charge is -2.23. The number of carbonyl (C=O) groups excluding carboxylic acids is 2. The quantitative estimate of drug-likeness (QED) is 0.859. The zero-order valence-electron chi connectivity index (χ0n) is 13.7. The topological polar surface area (TPSA) is 62.4 Å². The van der Waals surface area contributed by atoms with Gasteiger partial charge in [0.15, 0.2) is 6.10 Å². The highest BCUT2D eigenvalue weighted by atomic mass is 35.5. The predicted molar refractivity (Wildman–Crippen MR) is 93.2 cm³/mol. The number of para-hydroxylation sites is 1. The number of likely N-dealkylation sites (tertiary alicyclic amines) is 1. The van der Waals surface area contributed by atoms with Gasteiger partial charge in [-0.15, -0.1) is 0 Å². The zero-order chi connectivity index (χ0) is 17.1. The van der Waals surface area contributed by atoms with Crippen molar-refractivity contribution in [2.75, 3.05) is 13.1 Å². The minimum Gasteiger partial charge on any atom is -0.448 e. The molecule has 2 heterocycles. The molecule has 1 aliphatic rings. The second kappa shape index (κ2) is 7.26. The van der Waals surface area contributed by atoms with Gasteiger partial charge in [0.1, 0.15) is 5.69 Å². The van der Waals surface area contributed by atoms with Gasteiger partial charge in [-0.2, -0.15) is 0 Å². The fourth-order valence-corrected chi connectivity index (χ4v) is 3.36. The van der Waals surface area contributed by atoms with E-state index in [0.29, 0.717) is 5.02 Å². The maximum Gasteiger partial charge on any atom is 0.357 e. The van der Waals surface area contributed by atoms with Crippen LogP contribution in [0.1, 0.15) is 43.1 Å². The number of benzene rings is 1. The number of H-pyrrole nitrogens is 1. The smallest absolute Gasteiger partial charge is 0.357 e. The number of rotatable bonds is 3. The Balaban J connectivity index is 1.70. The first-order valence-corrected chi connectivity index (χ1v) is 8.71. The van der Waals surface area contributed by atoms with E-state index in [0.717, 1.165) is 49.7 Å². The highest BCUT2D eigenvalue weighted by molar-refractivity contribution is 6.38. The summed E-state index contributed by atoms with van der Waals surface area (Å²) in [5.41, 5.74) is 0.953. The highest BCUT2D eigenvalue weighted by Crippen LogP contribution is 2.28. The van der Waals surface area contributed by atoms with Crippen LogP contribution in [0.4, 0.5) is 0 Å². The van der Waals surface area contributed by atoms with Crippen LogP contribution in [0.25, 0.3) is 10.9 Å². The standard InChI is InChI=1S/C18H21ClN2O3/c1-12(17(22)21-10-6-2-3-7-11-21)24-18(23)16-15(19)13-8-4-5-9-14(13)20-16/h4-5,8-9,12,20H,2-3,6-7,10-11H2,1H3. The van der Waals surface area contributed by atoms with Crippen molar-refractivity contribution in [1.82, 2.24) is 9.88 Å².